The van der Waals surface area contributed by atoms with Crippen LogP contribution in [0.25, 0.3) is 21.1 Å². The molecule has 0 saturated heterocycles. The van der Waals surface area contributed by atoms with Crippen molar-refractivity contribution in [1.82, 2.24) is 10.2 Å². The van der Waals surface area contributed by atoms with Gasteiger partial charge in [-0.05, 0) is 45.0 Å². The molecule has 1 heterocycles. The van der Waals surface area contributed by atoms with Gasteiger partial charge in [0.25, 0.3) is 0 Å². The zero-order valence-corrected chi connectivity index (χ0v) is 23.3. The number of hydrogen-bond donors (Lipinski definition) is 3. The lowest BCUT2D eigenvalue weighted by Gasteiger charge is -2.21. The van der Waals surface area contributed by atoms with Gasteiger partial charge in [0.15, 0.2) is 11.6 Å². The molecule has 36 heavy (non-hydrogen) atoms. The topological polar surface area (TPSA) is 137 Å². The van der Waals surface area contributed by atoms with Crippen LogP contribution < -0.4 is 15.2 Å². The SMILES string of the molecule is CC(C)Oc1ccc(-c2nnc(-c3cc(F)c(OC[C@@H](N)[C@@H](C)OP(=O)(O)O)cc3Cl)s2)cc1Cl.Cl. The minimum atomic E-state index is -4.72. The van der Waals surface area contributed by atoms with Crippen molar-refractivity contribution in [2.75, 3.05) is 6.61 Å². The van der Waals surface area contributed by atoms with Crippen molar-refractivity contribution in [3.05, 3.63) is 46.2 Å². The maximum Gasteiger partial charge on any atom is 0.469 e. The molecule has 1 aromatic heterocycles. The van der Waals surface area contributed by atoms with Gasteiger partial charge in [0, 0.05) is 17.2 Å². The lowest BCUT2D eigenvalue weighted by Crippen LogP contribution is -2.39. The minimum absolute atomic E-state index is 0. The van der Waals surface area contributed by atoms with Crippen LogP contribution in [0.15, 0.2) is 30.3 Å². The molecule has 0 aliphatic carbocycles. The highest BCUT2D eigenvalue weighted by Crippen LogP contribution is 2.39. The summed E-state index contributed by atoms with van der Waals surface area (Å²) in [4.78, 5) is 17.7. The minimum Gasteiger partial charge on any atom is -0.489 e. The predicted molar refractivity (Wildman–Crippen MR) is 140 cm³/mol. The number of benzene rings is 2. The second kappa shape index (κ2) is 12.8. The lowest BCUT2D eigenvalue weighted by atomic mass is 10.2. The van der Waals surface area contributed by atoms with Crippen molar-refractivity contribution in [2.24, 2.45) is 5.73 Å². The van der Waals surface area contributed by atoms with Crippen LogP contribution >= 0.6 is 54.8 Å². The fourth-order valence-electron chi connectivity index (χ4n) is 2.85. The van der Waals surface area contributed by atoms with E-state index in [1.54, 1.807) is 18.2 Å². The van der Waals surface area contributed by atoms with E-state index in [-0.39, 0.29) is 35.9 Å². The average Bonchev–Trinajstić information content (AvgIpc) is 3.23. The molecule has 0 radical (unpaired) electrons. The van der Waals surface area contributed by atoms with Gasteiger partial charge in [-0.2, -0.15) is 0 Å². The van der Waals surface area contributed by atoms with Crippen LogP contribution in [0.2, 0.25) is 10.0 Å². The molecule has 2 aromatic carbocycles. The van der Waals surface area contributed by atoms with Crippen LogP contribution in [0.1, 0.15) is 20.8 Å². The fraction of sp³-hybridized carbons (Fsp3) is 0.333. The third-order valence-electron chi connectivity index (χ3n) is 4.56. The first kappa shape index (κ1) is 30.7. The van der Waals surface area contributed by atoms with Crippen LogP contribution in [-0.2, 0) is 9.09 Å². The third-order valence-corrected chi connectivity index (χ3v) is 6.78. The van der Waals surface area contributed by atoms with Crippen LogP contribution in [0, 0.1) is 5.82 Å². The van der Waals surface area contributed by atoms with Crippen molar-refractivity contribution in [3.8, 4) is 32.6 Å². The molecule has 0 bridgehead atoms. The first-order valence-corrected chi connectivity index (χ1v) is 13.4. The van der Waals surface area contributed by atoms with Gasteiger partial charge in [-0.25, -0.2) is 8.96 Å². The van der Waals surface area contributed by atoms with Gasteiger partial charge in [-0.3, -0.25) is 4.52 Å². The number of phosphoric acid groups is 1. The molecule has 0 saturated carbocycles. The molecule has 2 atom stereocenters. The highest BCUT2D eigenvalue weighted by Gasteiger charge is 2.25. The van der Waals surface area contributed by atoms with Crippen molar-refractivity contribution in [3.63, 3.8) is 0 Å². The maximum atomic E-state index is 14.7. The van der Waals surface area contributed by atoms with Crippen molar-refractivity contribution in [1.29, 1.82) is 0 Å². The van der Waals surface area contributed by atoms with Crippen LogP contribution in [0.5, 0.6) is 11.5 Å². The van der Waals surface area contributed by atoms with Crippen LogP contribution in [-0.4, -0.2) is 44.8 Å². The van der Waals surface area contributed by atoms with Crippen molar-refractivity contribution in [2.45, 2.75) is 39.0 Å². The van der Waals surface area contributed by atoms with Gasteiger partial charge < -0.3 is 25.0 Å². The average molecular weight is 603 g/mol. The molecule has 198 valence electrons. The summed E-state index contributed by atoms with van der Waals surface area (Å²) in [6.07, 6.45) is -1.06. The number of nitrogens with zero attached hydrogens (tertiary/aromatic N) is 2. The molecule has 0 fully saturated rings. The van der Waals surface area contributed by atoms with E-state index < -0.39 is 25.8 Å². The molecule has 0 aliphatic heterocycles. The molecule has 3 aromatic rings. The molecule has 3 rings (SSSR count). The molecule has 0 aliphatic rings. The van der Waals surface area contributed by atoms with E-state index in [9.17, 15) is 8.96 Å². The number of ether oxygens (including phenoxy) is 2. The Morgan fingerprint density at radius 1 is 1.08 bits per heavy atom. The second-order valence-electron chi connectivity index (χ2n) is 7.76. The van der Waals surface area contributed by atoms with E-state index >= 15 is 0 Å². The smallest absolute Gasteiger partial charge is 0.469 e. The van der Waals surface area contributed by atoms with E-state index in [2.05, 4.69) is 14.7 Å². The number of nitrogens with two attached hydrogens (primary N) is 1. The molecule has 4 N–H and O–H groups in total. The highest BCUT2D eigenvalue weighted by molar-refractivity contribution is 7.46. The molecule has 0 amide bonds. The zero-order valence-electron chi connectivity index (χ0n) is 19.2. The number of rotatable bonds is 10. The van der Waals surface area contributed by atoms with Gasteiger partial charge in [0.2, 0.25) is 0 Å². The Balaban J connectivity index is 0.00000456. The molecule has 0 spiro atoms. The molecular weight excluding hydrogens is 579 g/mol. The van der Waals surface area contributed by atoms with Crippen molar-refractivity contribution < 1.29 is 32.7 Å². The predicted octanol–water partition coefficient (Wildman–Crippen LogP) is 5.73. The number of hydrogen-bond acceptors (Lipinski definition) is 8. The Labute approximate surface area is 227 Å². The van der Waals surface area contributed by atoms with Gasteiger partial charge in [-0.1, -0.05) is 34.5 Å². The summed E-state index contributed by atoms with van der Waals surface area (Å²) in [5.74, 6) is -0.358. The van der Waals surface area contributed by atoms with Crippen molar-refractivity contribution >= 4 is 54.8 Å². The fourth-order valence-corrected chi connectivity index (χ4v) is 4.84. The standard InChI is InChI=1S/C21H23Cl2FN3O6PS.ClH/c1-10(2)32-18-5-4-12(6-15(18)23)20-26-27-21(35-20)13-7-16(24)19(8-14(13)22)31-9-17(25)11(3)33-34(28,29)30;/h4-8,10-11,17H,9,25H2,1-3H3,(H2,28,29,30);1H/t11-,17-;/m1./s1. The Kier molecular flexibility index (Phi) is 10.9. The normalized spacial score (nSPS) is 13.3. The molecule has 0 unspecified atom stereocenters. The van der Waals surface area contributed by atoms with E-state index in [1.165, 1.54) is 24.3 Å². The second-order valence-corrected chi connectivity index (χ2v) is 10.7. The molecule has 15 heteroatoms. The summed E-state index contributed by atoms with van der Waals surface area (Å²) in [6, 6.07) is 6.75. The van der Waals surface area contributed by atoms with E-state index in [0.717, 1.165) is 6.07 Å². The van der Waals surface area contributed by atoms with E-state index in [4.69, 9.17) is 48.2 Å². The highest BCUT2D eigenvalue weighted by atomic mass is 35.5. The summed E-state index contributed by atoms with van der Waals surface area (Å²) >= 11 is 13.9. The van der Waals surface area contributed by atoms with Gasteiger partial charge in [0.1, 0.15) is 22.4 Å². The first-order chi connectivity index (χ1) is 16.3. The molecule has 9 nitrogen and oxygen atoms in total. The van der Waals surface area contributed by atoms with E-state index in [1.807, 2.05) is 13.8 Å². The Bertz CT molecular complexity index is 1250. The Morgan fingerprint density at radius 3 is 2.36 bits per heavy atom. The summed E-state index contributed by atoms with van der Waals surface area (Å²) in [5, 5.41) is 9.81. The summed E-state index contributed by atoms with van der Waals surface area (Å²) in [7, 11) is -4.72. The summed E-state index contributed by atoms with van der Waals surface area (Å²) in [5.41, 5.74) is 6.83. The Morgan fingerprint density at radius 2 is 1.75 bits per heavy atom. The number of halogens is 4. The Hall–Kier alpha value is -1.53. The summed E-state index contributed by atoms with van der Waals surface area (Å²) < 4.78 is 41.1. The largest absolute Gasteiger partial charge is 0.489 e. The number of phosphoric ester groups is 1. The third kappa shape index (κ3) is 8.24. The monoisotopic (exact) mass is 601 g/mol. The van der Waals surface area contributed by atoms with Gasteiger partial charge in [-0.15, -0.1) is 22.6 Å². The first-order valence-electron chi connectivity index (χ1n) is 10.3. The van der Waals surface area contributed by atoms with Gasteiger partial charge >= 0.3 is 7.82 Å². The van der Waals surface area contributed by atoms with E-state index in [0.29, 0.717) is 31.9 Å². The zero-order chi connectivity index (χ0) is 25.9. The maximum absolute atomic E-state index is 14.7. The summed E-state index contributed by atoms with van der Waals surface area (Å²) in [6.45, 7) is 4.89. The molecular formula is C21H24Cl3FN3O6PS. The quantitative estimate of drug-likeness (QED) is 0.248. The van der Waals surface area contributed by atoms with Crippen LogP contribution in [0.4, 0.5) is 4.39 Å². The lowest BCUT2D eigenvalue weighted by molar-refractivity contribution is 0.106. The van der Waals surface area contributed by atoms with Gasteiger partial charge in [0.05, 0.1) is 28.3 Å². The number of aromatic nitrogens is 2. The van der Waals surface area contributed by atoms with Crippen LogP contribution in [0.3, 0.4) is 0 Å².